The average Bonchev–Trinajstić information content (AvgIpc) is 3.53. The van der Waals surface area contributed by atoms with E-state index >= 15 is 0 Å². The molecule has 2 N–H and O–H groups in total. The van der Waals surface area contributed by atoms with Crippen LogP contribution in [0.25, 0.3) is 21.9 Å². The Morgan fingerprint density at radius 1 is 0.971 bits per heavy atom. The Bertz CT molecular complexity index is 1300. The second-order valence-electron chi connectivity index (χ2n) is 9.22. The van der Waals surface area contributed by atoms with Crippen LogP contribution in [-0.2, 0) is 13.0 Å². The Kier molecular flexibility index (Phi) is 6.48. The van der Waals surface area contributed by atoms with Gasteiger partial charge in [0.2, 0.25) is 0 Å². The largest absolute Gasteiger partial charge is 0.382 e. The van der Waals surface area contributed by atoms with Gasteiger partial charge in [-0.05, 0) is 56.0 Å². The first kappa shape index (κ1) is 22.4. The summed E-state index contributed by atoms with van der Waals surface area (Å²) >= 11 is 0. The minimum absolute atomic E-state index is 0.236. The second-order valence-corrected chi connectivity index (χ2v) is 9.22. The number of carbonyl (C=O) groups is 1. The Morgan fingerprint density at radius 3 is 2.50 bits per heavy atom. The molecule has 0 unspecified atom stereocenters. The summed E-state index contributed by atoms with van der Waals surface area (Å²) in [4.78, 5) is 24.4. The number of ketones is 1. The van der Waals surface area contributed by atoms with E-state index in [0.717, 1.165) is 78.6 Å². The van der Waals surface area contributed by atoms with Crippen molar-refractivity contribution in [1.82, 2.24) is 14.5 Å². The first-order chi connectivity index (χ1) is 16.7. The molecule has 4 aromatic rings. The van der Waals surface area contributed by atoms with Crippen LogP contribution < -0.4 is 10.6 Å². The number of unbranched alkanes of at least 4 members (excludes halogenated alkanes) is 2. The number of nitrogen functional groups attached to an aromatic ring is 1. The number of anilines is 2. The van der Waals surface area contributed by atoms with E-state index in [1.807, 2.05) is 30.3 Å². The quantitative estimate of drug-likeness (QED) is 0.256. The number of fused-ring (bicyclic) bond motifs is 3. The molecule has 1 aliphatic heterocycles. The van der Waals surface area contributed by atoms with Crippen molar-refractivity contribution >= 4 is 39.2 Å². The number of hydrogen-bond donors (Lipinski definition) is 1. The summed E-state index contributed by atoms with van der Waals surface area (Å²) < 4.78 is 2.30. The summed E-state index contributed by atoms with van der Waals surface area (Å²) in [6, 6.07) is 16.3. The number of aryl methyl sites for hydroxylation is 2. The third-order valence-electron chi connectivity index (χ3n) is 6.95. The predicted molar refractivity (Wildman–Crippen MR) is 140 cm³/mol. The van der Waals surface area contributed by atoms with Crippen LogP contribution in [-0.4, -0.2) is 33.4 Å². The molecule has 0 aliphatic carbocycles. The van der Waals surface area contributed by atoms with Gasteiger partial charge in [0, 0.05) is 49.1 Å². The normalized spacial score (nSPS) is 13.9. The zero-order valence-electron chi connectivity index (χ0n) is 20.0. The number of pyridine rings is 1. The molecule has 1 aliphatic rings. The number of rotatable bonds is 9. The van der Waals surface area contributed by atoms with Crippen molar-refractivity contribution in [2.45, 2.75) is 58.4 Å². The number of nitrogens with zero attached hydrogens (tertiary/aromatic N) is 4. The summed E-state index contributed by atoms with van der Waals surface area (Å²) in [6.07, 6.45) is 6.84. The molecule has 0 spiro atoms. The zero-order chi connectivity index (χ0) is 23.5. The molecule has 0 amide bonds. The molecule has 34 heavy (non-hydrogen) atoms. The summed E-state index contributed by atoms with van der Waals surface area (Å²) in [5, 5.41) is 1.09. The van der Waals surface area contributed by atoms with Gasteiger partial charge in [0.25, 0.3) is 0 Å². The lowest BCUT2D eigenvalue weighted by Crippen LogP contribution is -2.17. The minimum atomic E-state index is 0.236. The lowest BCUT2D eigenvalue weighted by molar-refractivity contribution is 0.0979. The first-order valence-electron chi connectivity index (χ1n) is 12.6. The monoisotopic (exact) mass is 455 g/mol. The van der Waals surface area contributed by atoms with E-state index in [0.29, 0.717) is 12.2 Å². The molecular formula is C28H33N5O. The molecule has 6 heteroatoms. The van der Waals surface area contributed by atoms with Gasteiger partial charge in [-0.2, -0.15) is 0 Å². The van der Waals surface area contributed by atoms with Gasteiger partial charge in [0.1, 0.15) is 11.3 Å². The molecule has 6 nitrogen and oxygen atoms in total. The Hall–Kier alpha value is -3.41. The first-order valence-corrected chi connectivity index (χ1v) is 12.6. The third kappa shape index (κ3) is 4.37. The van der Waals surface area contributed by atoms with Crippen LogP contribution in [0.2, 0.25) is 0 Å². The van der Waals surface area contributed by atoms with Crippen molar-refractivity contribution in [3.8, 4) is 0 Å². The maximum absolute atomic E-state index is 12.7. The van der Waals surface area contributed by atoms with E-state index in [1.54, 1.807) is 0 Å². The SMILES string of the molecule is CCc1nc2c(N)nc3ccccc3c2n1CCCCCC(=O)c1ccc(N2CCCC2)cc1. The lowest BCUT2D eigenvalue weighted by Gasteiger charge is -2.17. The van der Waals surface area contributed by atoms with Gasteiger partial charge in [0.05, 0.1) is 11.0 Å². The van der Waals surface area contributed by atoms with Gasteiger partial charge in [0.15, 0.2) is 11.6 Å². The fraction of sp³-hybridized carbons (Fsp3) is 0.393. The maximum atomic E-state index is 12.7. The molecule has 1 fully saturated rings. The van der Waals surface area contributed by atoms with Gasteiger partial charge in [-0.25, -0.2) is 9.97 Å². The summed E-state index contributed by atoms with van der Waals surface area (Å²) in [5.41, 5.74) is 11.1. The summed E-state index contributed by atoms with van der Waals surface area (Å²) in [7, 11) is 0. The molecule has 0 atom stereocenters. The van der Waals surface area contributed by atoms with Crippen LogP contribution in [0.4, 0.5) is 11.5 Å². The van der Waals surface area contributed by atoms with Gasteiger partial charge in [-0.3, -0.25) is 4.79 Å². The van der Waals surface area contributed by atoms with Crippen molar-refractivity contribution in [2.75, 3.05) is 23.7 Å². The average molecular weight is 456 g/mol. The van der Waals surface area contributed by atoms with E-state index < -0.39 is 0 Å². The van der Waals surface area contributed by atoms with Crippen LogP contribution >= 0.6 is 0 Å². The lowest BCUT2D eigenvalue weighted by atomic mass is 10.0. The van der Waals surface area contributed by atoms with Gasteiger partial charge in [-0.1, -0.05) is 31.5 Å². The van der Waals surface area contributed by atoms with Crippen molar-refractivity contribution < 1.29 is 4.79 Å². The van der Waals surface area contributed by atoms with Crippen molar-refractivity contribution in [1.29, 1.82) is 0 Å². The molecule has 0 bridgehead atoms. The molecular weight excluding hydrogens is 422 g/mol. The van der Waals surface area contributed by atoms with Crippen molar-refractivity contribution in [3.05, 3.63) is 59.9 Å². The highest BCUT2D eigenvalue weighted by molar-refractivity contribution is 6.06. The van der Waals surface area contributed by atoms with E-state index in [-0.39, 0.29) is 5.78 Å². The number of Topliss-reactive ketones (excluding diaryl/α,β-unsaturated/α-hetero) is 1. The third-order valence-corrected chi connectivity index (χ3v) is 6.95. The second kappa shape index (κ2) is 9.84. The molecule has 2 aromatic carbocycles. The number of nitrogens with two attached hydrogens (primary N) is 1. The van der Waals surface area contributed by atoms with E-state index in [2.05, 4.69) is 39.6 Å². The fourth-order valence-corrected chi connectivity index (χ4v) is 5.13. The number of hydrogen-bond acceptors (Lipinski definition) is 5. The number of para-hydroxylation sites is 1. The van der Waals surface area contributed by atoms with Crippen LogP contribution in [0.3, 0.4) is 0 Å². The number of aromatic nitrogens is 3. The van der Waals surface area contributed by atoms with Crippen LogP contribution in [0.5, 0.6) is 0 Å². The Balaban J connectivity index is 1.21. The maximum Gasteiger partial charge on any atom is 0.162 e. The summed E-state index contributed by atoms with van der Waals surface area (Å²) in [5.74, 6) is 1.76. The molecule has 0 radical (unpaired) electrons. The highest BCUT2D eigenvalue weighted by Crippen LogP contribution is 2.29. The van der Waals surface area contributed by atoms with Gasteiger partial charge < -0.3 is 15.2 Å². The topological polar surface area (TPSA) is 77.0 Å². The van der Waals surface area contributed by atoms with E-state index in [1.165, 1.54) is 18.5 Å². The highest BCUT2D eigenvalue weighted by atomic mass is 16.1. The van der Waals surface area contributed by atoms with Gasteiger partial charge in [-0.15, -0.1) is 0 Å². The number of imidazole rings is 1. The molecule has 0 saturated carbocycles. The fourth-order valence-electron chi connectivity index (χ4n) is 5.13. The predicted octanol–water partition coefficient (Wildman–Crippen LogP) is 5.77. The molecule has 2 aromatic heterocycles. The molecule has 5 rings (SSSR count). The standard InChI is InChI=1S/C28H33N5O/c1-2-25-31-26-27(22-10-5-6-11-23(22)30-28(26)29)33(25)19-7-3-4-12-24(34)20-13-15-21(16-14-20)32-17-8-9-18-32/h5-6,10-11,13-16H,2-4,7-9,12,17-19H2,1H3,(H2,29,30). The number of benzene rings is 2. The van der Waals surface area contributed by atoms with Crippen molar-refractivity contribution in [3.63, 3.8) is 0 Å². The van der Waals surface area contributed by atoms with Gasteiger partial charge >= 0.3 is 0 Å². The van der Waals surface area contributed by atoms with Crippen LogP contribution in [0.1, 0.15) is 61.6 Å². The molecule has 1 saturated heterocycles. The van der Waals surface area contributed by atoms with E-state index in [4.69, 9.17) is 10.7 Å². The van der Waals surface area contributed by atoms with Crippen LogP contribution in [0, 0.1) is 0 Å². The highest BCUT2D eigenvalue weighted by Gasteiger charge is 2.16. The summed E-state index contributed by atoms with van der Waals surface area (Å²) in [6.45, 7) is 5.24. The smallest absolute Gasteiger partial charge is 0.162 e. The number of carbonyl (C=O) groups excluding carboxylic acids is 1. The Labute approximate surface area is 200 Å². The Morgan fingerprint density at radius 2 is 1.74 bits per heavy atom. The zero-order valence-corrected chi connectivity index (χ0v) is 20.0. The minimum Gasteiger partial charge on any atom is -0.382 e. The molecule has 176 valence electrons. The van der Waals surface area contributed by atoms with Crippen LogP contribution in [0.15, 0.2) is 48.5 Å². The molecule has 3 heterocycles. The van der Waals surface area contributed by atoms with Crippen molar-refractivity contribution in [2.24, 2.45) is 0 Å². The van der Waals surface area contributed by atoms with E-state index in [9.17, 15) is 4.79 Å².